The van der Waals surface area contributed by atoms with Gasteiger partial charge in [-0.1, -0.05) is 17.7 Å². The second-order valence-corrected chi connectivity index (χ2v) is 6.54. The van der Waals surface area contributed by atoms with Gasteiger partial charge in [0, 0.05) is 11.3 Å². The SMILES string of the molecule is CCOC(=O)c1cccc(N2C(=O)C(Cl)=C(Nc3ccc(C(C)=O)cc3)C2=O)c1. The summed E-state index contributed by atoms with van der Waals surface area (Å²) in [6, 6.07) is 12.4. The number of benzene rings is 2. The van der Waals surface area contributed by atoms with E-state index in [1.165, 1.54) is 25.1 Å². The lowest BCUT2D eigenvalue weighted by atomic mass is 10.1. The van der Waals surface area contributed by atoms with E-state index in [9.17, 15) is 19.2 Å². The highest BCUT2D eigenvalue weighted by molar-refractivity contribution is 6.53. The number of hydrogen-bond acceptors (Lipinski definition) is 6. The van der Waals surface area contributed by atoms with Crippen molar-refractivity contribution in [3.8, 4) is 0 Å². The van der Waals surface area contributed by atoms with Crippen LogP contribution in [-0.4, -0.2) is 30.2 Å². The monoisotopic (exact) mass is 412 g/mol. The number of hydrogen-bond donors (Lipinski definition) is 1. The minimum absolute atomic E-state index is 0.0891. The van der Waals surface area contributed by atoms with Gasteiger partial charge in [-0.05, 0) is 56.3 Å². The summed E-state index contributed by atoms with van der Waals surface area (Å²) in [4.78, 5) is 49.6. The van der Waals surface area contributed by atoms with E-state index in [1.54, 1.807) is 37.3 Å². The number of Topliss-reactive ketones (excluding diaryl/α,β-unsaturated/α-hetero) is 1. The number of anilines is 2. The summed E-state index contributed by atoms with van der Waals surface area (Å²) in [7, 11) is 0. The standard InChI is InChI=1S/C21H17ClN2O5/c1-3-29-21(28)14-5-4-6-16(11-14)24-19(26)17(22)18(20(24)27)23-15-9-7-13(8-10-15)12(2)25/h4-11,23H,3H2,1-2H3. The van der Waals surface area contributed by atoms with Crippen molar-refractivity contribution in [3.05, 3.63) is 70.4 Å². The molecule has 0 bridgehead atoms. The van der Waals surface area contributed by atoms with E-state index in [4.69, 9.17) is 16.3 Å². The molecule has 148 valence electrons. The number of nitrogens with zero attached hydrogens (tertiary/aromatic N) is 1. The average molecular weight is 413 g/mol. The lowest BCUT2D eigenvalue weighted by Crippen LogP contribution is -2.32. The molecule has 1 heterocycles. The van der Waals surface area contributed by atoms with Crippen LogP contribution in [0.15, 0.2) is 59.3 Å². The second kappa shape index (κ2) is 8.28. The Kier molecular flexibility index (Phi) is 5.79. The zero-order valence-corrected chi connectivity index (χ0v) is 16.4. The number of nitrogens with one attached hydrogen (secondary N) is 1. The minimum atomic E-state index is -0.708. The fourth-order valence-corrected chi connectivity index (χ4v) is 2.98. The number of imide groups is 1. The fraction of sp³-hybridized carbons (Fsp3) is 0.143. The van der Waals surface area contributed by atoms with Crippen LogP contribution in [0.3, 0.4) is 0 Å². The van der Waals surface area contributed by atoms with E-state index in [2.05, 4.69) is 5.32 Å². The molecule has 7 nitrogen and oxygen atoms in total. The molecule has 0 radical (unpaired) electrons. The van der Waals surface area contributed by atoms with E-state index < -0.39 is 17.8 Å². The Morgan fingerprint density at radius 2 is 1.72 bits per heavy atom. The van der Waals surface area contributed by atoms with E-state index >= 15 is 0 Å². The molecule has 1 aliphatic rings. The molecule has 2 aromatic carbocycles. The van der Waals surface area contributed by atoms with Gasteiger partial charge in [-0.2, -0.15) is 0 Å². The van der Waals surface area contributed by atoms with Gasteiger partial charge >= 0.3 is 5.97 Å². The van der Waals surface area contributed by atoms with Crippen molar-refractivity contribution in [2.24, 2.45) is 0 Å². The van der Waals surface area contributed by atoms with Gasteiger partial charge in [-0.15, -0.1) is 0 Å². The second-order valence-electron chi connectivity index (χ2n) is 6.16. The Labute approximate surface area is 171 Å². The molecule has 0 unspecified atom stereocenters. The average Bonchev–Trinajstić information content (AvgIpc) is 2.92. The predicted molar refractivity (Wildman–Crippen MR) is 108 cm³/mol. The first-order valence-electron chi connectivity index (χ1n) is 8.77. The first-order valence-corrected chi connectivity index (χ1v) is 9.15. The van der Waals surface area contributed by atoms with Crippen LogP contribution in [-0.2, 0) is 14.3 Å². The number of ketones is 1. The van der Waals surface area contributed by atoms with Crippen molar-refractivity contribution in [2.45, 2.75) is 13.8 Å². The van der Waals surface area contributed by atoms with Crippen molar-refractivity contribution in [2.75, 3.05) is 16.8 Å². The number of amides is 2. The van der Waals surface area contributed by atoms with Crippen molar-refractivity contribution in [1.29, 1.82) is 0 Å². The maximum Gasteiger partial charge on any atom is 0.338 e. The van der Waals surface area contributed by atoms with Crippen LogP contribution in [0, 0.1) is 0 Å². The molecule has 8 heteroatoms. The summed E-state index contributed by atoms with van der Waals surface area (Å²) >= 11 is 6.11. The Morgan fingerprint density at radius 3 is 2.34 bits per heavy atom. The van der Waals surface area contributed by atoms with E-state index in [-0.39, 0.29) is 34.4 Å². The highest BCUT2D eigenvalue weighted by atomic mass is 35.5. The maximum absolute atomic E-state index is 12.8. The van der Waals surface area contributed by atoms with Crippen LogP contribution in [0.4, 0.5) is 11.4 Å². The molecule has 0 saturated heterocycles. The van der Waals surface area contributed by atoms with Crippen molar-refractivity contribution in [1.82, 2.24) is 0 Å². The first-order chi connectivity index (χ1) is 13.8. The van der Waals surface area contributed by atoms with Crippen LogP contribution in [0.2, 0.25) is 0 Å². The van der Waals surface area contributed by atoms with E-state index in [0.29, 0.717) is 11.3 Å². The van der Waals surface area contributed by atoms with Gasteiger partial charge in [-0.3, -0.25) is 14.4 Å². The third kappa shape index (κ3) is 4.05. The summed E-state index contributed by atoms with van der Waals surface area (Å²) in [5.41, 5.74) is 1.33. The molecule has 0 spiro atoms. The topological polar surface area (TPSA) is 92.8 Å². The molecule has 1 N–H and O–H groups in total. The third-order valence-electron chi connectivity index (χ3n) is 4.20. The molecule has 0 aliphatic carbocycles. The number of esters is 1. The van der Waals surface area contributed by atoms with Crippen LogP contribution >= 0.6 is 11.6 Å². The lowest BCUT2D eigenvalue weighted by Gasteiger charge is -2.16. The summed E-state index contributed by atoms with van der Waals surface area (Å²) < 4.78 is 4.95. The van der Waals surface area contributed by atoms with Gasteiger partial charge in [0.05, 0.1) is 17.9 Å². The predicted octanol–water partition coefficient (Wildman–Crippen LogP) is 3.50. The smallest absolute Gasteiger partial charge is 0.338 e. The largest absolute Gasteiger partial charge is 0.462 e. The van der Waals surface area contributed by atoms with Gasteiger partial charge in [0.25, 0.3) is 11.8 Å². The summed E-state index contributed by atoms with van der Waals surface area (Å²) in [6.07, 6.45) is 0. The number of carbonyl (C=O) groups excluding carboxylic acids is 4. The summed E-state index contributed by atoms with van der Waals surface area (Å²) in [5, 5.41) is 2.56. The molecule has 3 rings (SSSR count). The van der Waals surface area contributed by atoms with Crippen LogP contribution in [0.25, 0.3) is 0 Å². The Bertz CT molecular complexity index is 1040. The zero-order valence-electron chi connectivity index (χ0n) is 15.7. The van der Waals surface area contributed by atoms with Crippen LogP contribution in [0.1, 0.15) is 34.6 Å². The van der Waals surface area contributed by atoms with Crippen molar-refractivity contribution in [3.63, 3.8) is 0 Å². The van der Waals surface area contributed by atoms with Gasteiger partial charge in [-0.25, -0.2) is 9.69 Å². The highest BCUT2D eigenvalue weighted by Gasteiger charge is 2.39. The molecule has 1 aliphatic heterocycles. The molecule has 0 atom stereocenters. The van der Waals surface area contributed by atoms with E-state index in [1.807, 2.05) is 0 Å². The molecule has 0 fully saturated rings. The van der Waals surface area contributed by atoms with Crippen LogP contribution < -0.4 is 10.2 Å². The first kappa shape index (κ1) is 20.3. The van der Waals surface area contributed by atoms with Gasteiger partial charge in [0.15, 0.2) is 5.78 Å². The Morgan fingerprint density at radius 1 is 1.03 bits per heavy atom. The zero-order chi connectivity index (χ0) is 21.1. The quantitative estimate of drug-likeness (QED) is 0.443. The lowest BCUT2D eigenvalue weighted by molar-refractivity contribution is -0.120. The fourth-order valence-electron chi connectivity index (χ4n) is 2.76. The molecular weight excluding hydrogens is 396 g/mol. The maximum atomic E-state index is 12.8. The minimum Gasteiger partial charge on any atom is -0.462 e. The number of rotatable bonds is 6. The molecule has 29 heavy (non-hydrogen) atoms. The van der Waals surface area contributed by atoms with Crippen LogP contribution in [0.5, 0.6) is 0 Å². The molecule has 2 aromatic rings. The molecular formula is C21H17ClN2O5. The number of halogens is 1. The van der Waals surface area contributed by atoms with E-state index in [0.717, 1.165) is 4.90 Å². The van der Waals surface area contributed by atoms with Gasteiger partial charge in [0.1, 0.15) is 10.7 Å². The van der Waals surface area contributed by atoms with Gasteiger partial charge in [0.2, 0.25) is 0 Å². The highest BCUT2D eigenvalue weighted by Crippen LogP contribution is 2.30. The Balaban J connectivity index is 1.86. The molecule has 2 amide bonds. The van der Waals surface area contributed by atoms with Crippen molar-refractivity contribution < 1.29 is 23.9 Å². The Hall–Kier alpha value is -3.45. The van der Waals surface area contributed by atoms with Gasteiger partial charge < -0.3 is 10.1 Å². The molecule has 0 aromatic heterocycles. The summed E-state index contributed by atoms with van der Waals surface area (Å²) in [5.74, 6) is -2.01. The summed E-state index contributed by atoms with van der Waals surface area (Å²) in [6.45, 7) is 3.33. The normalized spacial score (nSPS) is 13.7. The van der Waals surface area contributed by atoms with Crippen molar-refractivity contribution >= 4 is 46.5 Å². The molecule has 0 saturated carbocycles. The third-order valence-corrected chi connectivity index (χ3v) is 4.55. The number of carbonyl (C=O) groups is 4. The number of ether oxygens (including phenoxy) is 1.